The number of hydrogen-bond acceptors (Lipinski definition) is 3. The summed E-state index contributed by atoms with van der Waals surface area (Å²) in [5.74, 6) is 0.532. The third-order valence-corrected chi connectivity index (χ3v) is 6.11. The Labute approximate surface area is 141 Å². The van der Waals surface area contributed by atoms with Crippen molar-refractivity contribution in [1.82, 2.24) is 10.2 Å². The van der Waals surface area contributed by atoms with Gasteiger partial charge in [0.2, 0.25) is 5.91 Å². The van der Waals surface area contributed by atoms with Crippen LogP contribution in [0.3, 0.4) is 0 Å². The van der Waals surface area contributed by atoms with Gasteiger partial charge in [-0.1, -0.05) is 30.3 Å². The Balaban J connectivity index is 1.49. The van der Waals surface area contributed by atoms with Crippen LogP contribution < -0.4 is 5.32 Å². The molecule has 0 saturated carbocycles. The second-order valence-corrected chi connectivity index (χ2v) is 7.56. The van der Waals surface area contributed by atoms with Crippen LogP contribution in [0.4, 0.5) is 0 Å². The van der Waals surface area contributed by atoms with Crippen LogP contribution in [0.1, 0.15) is 36.3 Å². The third-order valence-electron chi connectivity index (χ3n) is 5.38. The molecule has 0 radical (unpaired) electrons. The zero-order valence-corrected chi connectivity index (χ0v) is 14.0. The Bertz CT molecular complexity index is 660. The van der Waals surface area contributed by atoms with E-state index < -0.39 is 0 Å². The van der Waals surface area contributed by atoms with Crippen molar-refractivity contribution in [1.29, 1.82) is 0 Å². The zero-order chi connectivity index (χ0) is 15.7. The number of thiophene rings is 1. The Morgan fingerprint density at radius 3 is 2.65 bits per heavy atom. The molecule has 2 fully saturated rings. The highest BCUT2D eigenvalue weighted by Crippen LogP contribution is 2.43. The summed E-state index contributed by atoms with van der Waals surface area (Å²) in [6, 6.07) is 12.8. The smallest absolute Gasteiger partial charge is 0.221 e. The Morgan fingerprint density at radius 2 is 1.96 bits per heavy atom. The molecule has 3 heterocycles. The van der Waals surface area contributed by atoms with E-state index in [1.807, 2.05) is 6.07 Å². The van der Waals surface area contributed by atoms with Gasteiger partial charge in [-0.05, 0) is 40.8 Å². The molecule has 2 saturated heterocycles. The lowest BCUT2D eigenvalue weighted by Gasteiger charge is -2.43. The first-order chi connectivity index (χ1) is 11.3. The monoisotopic (exact) mass is 326 g/mol. The second kappa shape index (κ2) is 6.10. The first-order valence-corrected chi connectivity index (χ1v) is 9.29. The number of amides is 1. The molecule has 1 spiro atoms. The summed E-state index contributed by atoms with van der Waals surface area (Å²) in [6.45, 7) is 3.14. The standard InChI is InChI=1S/C19H22N2OS/c22-18-12-17(16-4-2-1-3-5-16)19(20-18)7-9-21(10-8-19)13-15-6-11-23-14-15/h1-6,11,14,17H,7-10,12-13H2,(H,20,22)/t17-/m1/s1. The molecule has 1 aromatic heterocycles. The Kier molecular flexibility index (Phi) is 3.95. The van der Waals surface area contributed by atoms with Crippen LogP contribution in [0.2, 0.25) is 0 Å². The van der Waals surface area contributed by atoms with E-state index in [2.05, 4.69) is 51.3 Å². The van der Waals surface area contributed by atoms with Crippen molar-refractivity contribution >= 4 is 17.2 Å². The zero-order valence-electron chi connectivity index (χ0n) is 13.2. The highest BCUT2D eigenvalue weighted by molar-refractivity contribution is 7.07. The molecule has 120 valence electrons. The topological polar surface area (TPSA) is 32.3 Å². The summed E-state index contributed by atoms with van der Waals surface area (Å²) in [4.78, 5) is 14.6. The van der Waals surface area contributed by atoms with Crippen molar-refractivity contribution in [3.05, 3.63) is 58.3 Å². The largest absolute Gasteiger partial charge is 0.350 e. The van der Waals surface area contributed by atoms with Gasteiger partial charge >= 0.3 is 0 Å². The third kappa shape index (κ3) is 2.93. The summed E-state index contributed by atoms with van der Waals surface area (Å²) in [6.07, 6.45) is 2.72. The molecule has 23 heavy (non-hydrogen) atoms. The predicted octanol–water partition coefficient (Wildman–Crippen LogP) is 3.39. The van der Waals surface area contributed by atoms with Gasteiger partial charge in [0, 0.05) is 37.5 Å². The van der Waals surface area contributed by atoms with Gasteiger partial charge in [0.1, 0.15) is 0 Å². The van der Waals surface area contributed by atoms with Gasteiger partial charge in [-0.25, -0.2) is 0 Å². The number of likely N-dealkylation sites (tertiary alicyclic amines) is 1. The van der Waals surface area contributed by atoms with Crippen molar-refractivity contribution in [2.24, 2.45) is 0 Å². The van der Waals surface area contributed by atoms with Crippen LogP contribution in [-0.2, 0) is 11.3 Å². The van der Waals surface area contributed by atoms with E-state index >= 15 is 0 Å². The van der Waals surface area contributed by atoms with Crippen molar-refractivity contribution in [2.75, 3.05) is 13.1 Å². The minimum Gasteiger partial charge on any atom is -0.350 e. The van der Waals surface area contributed by atoms with Gasteiger partial charge in [-0.15, -0.1) is 0 Å². The lowest BCUT2D eigenvalue weighted by atomic mass is 9.74. The van der Waals surface area contributed by atoms with Gasteiger partial charge in [-0.3, -0.25) is 9.69 Å². The van der Waals surface area contributed by atoms with Crippen LogP contribution in [-0.4, -0.2) is 29.4 Å². The molecule has 1 atom stereocenters. The van der Waals surface area contributed by atoms with Crippen LogP contribution in [0.15, 0.2) is 47.2 Å². The molecule has 1 aromatic carbocycles. The maximum atomic E-state index is 12.1. The number of carbonyl (C=O) groups excluding carboxylic acids is 1. The van der Waals surface area contributed by atoms with Crippen LogP contribution in [0, 0.1) is 0 Å². The van der Waals surface area contributed by atoms with Crippen molar-refractivity contribution < 1.29 is 4.79 Å². The van der Waals surface area contributed by atoms with Crippen LogP contribution in [0.25, 0.3) is 0 Å². The summed E-state index contributed by atoms with van der Waals surface area (Å²) < 4.78 is 0. The molecule has 3 nitrogen and oxygen atoms in total. The first kappa shape index (κ1) is 14.9. The van der Waals surface area contributed by atoms with Gasteiger partial charge in [0.15, 0.2) is 0 Å². The minimum absolute atomic E-state index is 0.0381. The molecule has 2 aliphatic rings. The summed E-state index contributed by atoms with van der Waals surface area (Å²) in [5.41, 5.74) is 2.67. The Morgan fingerprint density at radius 1 is 1.17 bits per heavy atom. The minimum atomic E-state index is -0.0381. The van der Waals surface area contributed by atoms with Crippen molar-refractivity contribution in [3.8, 4) is 0 Å². The molecule has 2 aliphatic heterocycles. The summed E-state index contributed by atoms with van der Waals surface area (Å²) in [7, 11) is 0. The number of hydrogen-bond donors (Lipinski definition) is 1. The number of nitrogens with zero attached hydrogens (tertiary/aromatic N) is 1. The number of piperidine rings is 1. The molecule has 1 N–H and O–H groups in total. The highest BCUT2D eigenvalue weighted by atomic mass is 32.1. The molecule has 4 rings (SSSR count). The van der Waals surface area contributed by atoms with Gasteiger partial charge in [0.25, 0.3) is 0 Å². The molecule has 0 bridgehead atoms. The molecule has 0 aliphatic carbocycles. The molecule has 1 amide bonds. The number of nitrogens with one attached hydrogen (secondary N) is 1. The van der Waals surface area contributed by atoms with E-state index in [0.29, 0.717) is 12.3 Å². The number of benzene rings is 1. The van der Waals surface area contributed by atoms with E-state index in [9.17, 15) is 4.79 Å². The molecular formula is C19H22N2OS. The van der Waals surface area contributed by atoms with Gasteiger partial charge in [-0.2, -0.15) is 11.3 Å². The van der Waals surface area contributed by atoms with Gasteiger partial charge in [0.05, 0.1) is 0 Å². The van der Waals surface area contributed by atoms with Crippen molar-refractivity contribution in [3.63, 3.8) is 0 Å². The van der Waals surface area contributed by atoms with E-state index in [1.165, 1.54) is 11.1 Å². The highest BCUT2D eigenvalue weighted by Gasteiger charge is 2.48. The maximum Gasteiger partial charge on any atom is 0.221 e. The molecule has 2 aromatic rings. The van der Waals surface area contributed by atoms with Gasteiger partial charge < -0.3 is 5.32 Å². The quantitative estimate of drug-likeness (QED) is 0.938. The van der Waals surface area contributed by atoms with Crippen LogP contribution >= 0.6 is 11.3 Å². The van der Waals surface area contributed by atoms with E-state index in [0.717, 1.165) is 32.5 Å². The lowest BCUT2D eigenvalue weighted by Crippen LogP contribution is -2.53. The maximum absolute atomic E-state index is 12.1. The average molecular weight is 326 g/mol. The average Bonchev–Trinajstić information content (AvgIpc) is 3.19. The fourth-order valence-electron chi connectivity index (χ4n) is 4.14. The number of rotatable bonds is 3. The predicted molar refractivity (Wildman–Crippen MR) is 93.5 cm³/mol. The first-order valence-electron chi connectivity index (χ1n) is 8.35. The lowest BCUT2D eigenvalue weighted by molar-refractivity contribution is -0.120. The SMILES string of the molecule is O=C1C[C@H](c2ccccc2)C2(CCN(Cc3ccsc3)CC2)N1. The molecule has 4 heteroatoms. The van der Waals surface area contributed by atoms with Crippen molar-refractivity contribution in [2.45, 2.75) is 37.3 Å². The van der Waals surface area contributed by atoms with E-state index in [4.69, 9.17) is 0 Å². The Hall–Kier alpha value is -1.65. The number of carbonyl (C=O) groups is 1. The summed E-state index contributed by atoms with van der Waals surface area (Å²) >= 11 is 1.76. The van der Waals surface area contributed by atoms with E-state index in [1.54, 1.807) is 11.3 Å². The normalized spacial score (nSPS) is 24.0. The molecule has 0 unspecified atom stereocenters. The molecular weight excluding hydrogens is 304 g/mol. The fraction of sp³-hybridized carbons (Fsp3) is 0.421. The second-order valence-electron chi connectivity index (χ2n) is 6.78. The van der Waals surface area contributed by atoms with Crippen LogP contribution in [0.5, 0.6) is 0 Å². The van der Waals surface area contributed by atoms with E-state index in [-0.39, 0.29) is 11.4 Å². The fourth-order valence-corrected chi connectivity index (χ4v) is 4.80. The summed E-state index contributed by atoms with van der Waals surface area (Å²) in [5, 5.41) is 7.71.